The molecule has 2 aliphatic carbocycles. The molecule has 2 saturated carbocycles. The van der Waals surface area contributed by atoms with E-state index in [0.29, 0.717) is 26.1 Å². The zero-order valence-electron chi connectivity index (χ0n) is 8.19. The normalized spacial score (nSPS) is 46.5. The molecule has 1 saturated heterocycles. The fourth-order valence-electron chi connectivity index (χ4n) is 3.43. The minimum atomic E-state index is -0.760. The standard InChI is InChI=1S/C10H13ClO4/c11-7-3-6-8(9(12)13)5(7)4-10(6)14-1-2-15-10/h5-8H,1-4H2,(H,12,13)/t5-,6-,7+,8-/m1/s1. The quantitative estimate of drug-likeness (QED) is 0.688. The van der Waals surface area contributed by atoms with Crippen LogP contribution in [-0.2, 0) is 14.3 Å². The van der Waals surface area contributed by atoms with Crippen molar-refractivity contribution in [2.24, 2.45) is 17.8 Å². The van der Waals surface area contributed by atoms with Crippen molar-refractivity contribution >= 4 is 17.6 Å². The van der Waals surface area contributed by atoms with Crippen molar-refractivity contribution in [3.05, 3.63) is 0 Å². The van der Waals surface area contributed by atoms with Gasteiger partial charge in [0.15, 0.2) is 5.79 Å². The van der Waals surface area contributed by atoms with Gasteiger partial charge in [0.2, 0.25) is 0 Å². The van der Waals surface area contributed by atoms with E-state index in [1.807, 2.05) is 0 Å². The molecule has 0 unspecified atom stereocenters. The summed E-state index contributed by atoms with van der Waals surface area (Å²) in [5.41, 5.74) is 0. The van der Waals surface area contributed by atoms with Gasteiger partial charge in [-0.25, -0.2) is 0 Å². The summed E-state index contributed by atoms with van der Waals surface area (Å²) in [6, 6.07) is 0. The lowest BCUT2D eigenvalue weighted by atomic mass is 9.93. The van der Waals surface area contributed by atoms with Gasteiger partial charge in [0.1, 0.15) is 0 Å². The van der Waals surface area contributed by atoms with Gasteiger partial charge in [-0.05, 0) is 12.3 Å². The molecular formula is C10H13ClO4. The monoisotopic (exact) mass is 232 g/mol. The van der Waals surface area contributed by atoms with E-state index in [4.69, 9.17) is 21.1 Å². The van der Waals surface area contributed by atoms with E-state index in [0.717, 1.165) is 0 Å². The third kappa shape index (κ3) is 1.19. The van der Waals surface area contributed by atoms with Gasteiger partial charge < -0.3 is 14.6 Å². The number of carbonyl (C=O) groups is 1. The first-order chi connectivity index (χ1) is 7.14. The molecule has 15 heavy (non-hydrogen) atoms. The van der Waals surface area contributed by atoms with Crippen LogP contribution in [0.1, 0.15) is 12.8 Å². The largest absolute Gasteiger partial charge is 0.481 e. The molecule has 0 aromatic carbocycles. The molecule has 5 heteroatoms. The molecule has 0 aromatic heterocycles. The summed E-state index contributed by atoms with van der Waals surface area (Å²) in [6.07, 6.45) is 1.34. The summed E-state index contributed by atoms with van der Waals surface area (Å²) in [7, 11) is 0. The van der Waals surface area contributed by atoms with Gasteiger partial charge in [0, 0.05) is 17.7 Å². The predicted octanol–water partition coefficient (Wildman–Crippen LogP) is 1.08. The van der Waals surface area contributed by atoms with Gasteiger partial charge in [0.25, 0.3) is 0 Å². The Kier molecular flexibility index (Phi) is 2.03. The van der Waals surface area contributed by atoms with Crippen molar-refractivity contribution in [1.82, 2.24) is 0 Å². The lowest BCUT2D eigenvalue weighted by molar-refractivity contribution is -0.195. The maximum atomic E-state index is 11.2. The highest BCUT2D eigenvalue weighted by Crippen LogP contribution is 2.59. The minimum Gasteiger partial charge on any atom is -0.481 e. The summed E-state index contributed by atoms with van der Waals surface area (Å²) in [4.78, 5) is 11.2. The topological polar surface area (TPSA) is 55.8 Å². The van der Waals surface area contributed by atoms with Crippen LogP contribution in [0, 0.1) is 17.8 Å². The minimum absolute atomic E-state index is 0.00673. The molecule has 4 nitrogen and oxygen atoms in total. The highest BCUT2D eigenvalue weighted by molar-refractivity contribution is 6.21. The molecule has 0 amide bonds. The van der Waals surface area contributed by atoms with Gasteiger partial charge in [-0.1, -0.05) is 0 Å². The predicted molar refractivity (Wildman–Crippen MR) is 51.6 cm³/mol. The number of carboxylic acids is 1. The molecule has 0 radical (unpaired) electrons. The summed E-state index contributed by atoms with van der Waals surface area (Å²) in [6.45, 7) is 1.14. The second-order valence-electron chi connectivity index (χ2n) is 4.60. The second kappa shape index (κ2) is 3.09. The molecule has 1 spiro atoms. The smallest absolute Gasteiger partial charge is 0.307 e. The number of halogens is 1. The molecule has 1 heterocycles. The first-order valence-electron chi connectivity index (χ1n) is 5.29. The molecule has 84 valence electrons. The van der Waals surface area contributed by atoms with Crippen molar-refractivity contribution < 1.29 is 19.4 Å². The van der Waals surface area contributed by atoms with Crippen molar-refractivity contribution in [2.75, 3.05) is 13.2 Å². The van der Waals surface area contributed by atoms with E-state index >= 15 is 0 Å². The Morgan fingerprint density at radius 3 is 2.60 bits per heavy atom. The van der Waals surface area contributed by atoms with E-state index in [9.17, 15) is 9.90 Å². The maximum Gasteiger partial charge on any atom is 0.307 e. The molecule has 3 fully saturated rings. The summed E-state index contributed by atoms with van der Waals surface area (Å²) in [5.74, 6) is -1.83. The van der Waals surface area contributed by atoms with Crippen LogP contribution < -0.4 is 0 Å². The third-order valence-electron chi connectivity index (χ3n) is 3.98. The van der Waals surface area contributed by atoms with Gasteiger partial charge in [0.05, 0.1) is 19.1 Å². The fraction of sp³-hybridized carbons (Fsp3) is 0.900. The van der Waals surface area contributed by atoms with Crippen LogP contribution in [0.15, 0.2) is 0 Å². The maximum absolute atomic E-state index is 11.2. The first kappa shape index (κ1) is 9.87. The van der Waals surface area contributed by atoms with Crippen LogP contribution in [0.25, 0.3) is 0 Å². The Bertz CT molecular complexity index is 300. The van der Waals surface area contributed by atoms with E-state index in [1.54, 1.807) is 0 Å². The number of rotatable bonds is 1. The zero-order chi connectivity index (χ0) is 10.6. The van der Waals surface area contributed by atoms with E-state index in [1.165, 1.54) is 0 Å². The number of aliphatic carboxylic acids is 1. The van der Waals surface area contributed by atoms with Crippen LogP contribution in [0.5, 0.6) is 0 Å². The van der Waals surface area contributed by atoms with Crippen LogP contribution >= 0.6 is 11.6 Å². The van der Waals surface area contributed by atoms with Crippen LogP contribution in [-0.4, -0.2) is 35.5 Å². The zero-order valence-corrected chi connectivity index (χ0v) is 8.94. The van der Waals surface area contributed by atoms with Crippen LogP contribution in [0.3, 0.4) is 0 Å². The summed E-state index contributed by atoms with van der Waals surface area (Å²) >= 11 is 6.13. The lowest BCUT2D eigenvalue weighted by Gasteiger charge is -2.33. The Hall–Kier alpha value is -0.320. The molecule has 3 aliphatic rings. The number of alkyl halides is 1. The Morgan fingerprint density at radius 1 is 1.40 bits per heavy atom. The highest BCUT2D eigenvalue weighted by atomic mass is 35.5. The lowest BCUT2D eigenvalue weighted by Crippen LogP contribution is -2.39. The van der Waals surface area contributed by atoms with Gasteiger partial charge in [-0.2, -0.15) is 0 Å². The fourth-order valence-corrected chi connectivity index (χ4v) is 3.87. The van der Waals surface area contributed by atoms with Crippen molar-refractivity contribution in [3.8, 4) is 0 Å². The number of carboxylic acid groups (broad SMARTS) is 1. The van der Waals surface area contributed by atoms with Crippen molar-refractivity contribution in [3.63, 3.8) is 0 Å². The number of fused-ring (bicyclic) bond motifs is 3. The van der Waals surface area contributed by atoms with Crippen molar-refractivity contribution in [1.29, 1.82) is 0 Å². The second-order valence-corrected chi connectivity index (χ2v) is 5.16. The average molecular weight is 233 g/mol. The molecule has 4 atom stereocenters. The number of ether oxygens (including phenoxy) is 2. The summed E-state index contributed by atoms with van der Waals surface area (Å²) in [5, 5.41) is 9.15. The van der Waals surface area contributed by atoms with Crippen LogP contribution in [0.2, 0.25) is 0 Å². The van der Waals surface area contributed by atoms with Gasteiger partial charge >= 0.3 is 5.97 Å². The van der Waals surface area contributed by atoms with E-state index in [-0.39, 0.29) is 23.1 Å². The number of hydrogen-bond acceptors (Lipinski definition) is 3. The third-order valence-corrected chi connectivity index (χ3v) is 4.49. The Morgan fingerprint density at radius 2 is 2.07 bits per heavy atom. The number of hydrogen-bond donors (Lipinski definition) is 1. The Labute approximate surface area is 92.5 Å². The molecule has 0 aromatic rings. The molecule has 1 N–H and O–H groups in total. The first-order valence-corrected chi connectivity index (χ1v) is 5.72. The van der Waals surface area contributed by atoms with Gasteiger partial charge in [-0.3, -0.25) is 4.79 Å². The molecule has 3 rings (SSSR count). The van der Waals surface area contributed by atoms with E-state index < -0.39 is 11.8 Å². The highest BCUT2D eigenvalue weighted by Gasteiger charge is 2.65. The molecule has 1 aliphatic heterocycles. The molecule has 2 bridgehead atoms. The molecular weight excluding hydrogens is 220 g/mol. The van der Waals surface area contributed by atoms with E-state index in [2.05, 4.69) is 0 Å². The average Bonchev–Trinajstić information content (AvgIpc) is 2.81. The Balaban J connectivity index is 1.92. The van der Waals surface area contributed by atoms with Crippen LogP contribution in [0.4, 0.5) is 0 Å². The van der Waals surface area contributed by atoms with Gasteiger partial charge in [-0.15, -0.1) is 11.6 Å². The van der Waals surface area contributed by atoms with Crippen molar-refractivity contribution in [2.45, 2.75) is 24.0 Å². The summed E-state index contributed by atoms with van der Waals surface area (Å²) < 4.78 is 11.2. The SMILES string of the molecule is O=C(O)[C@@H]1[C@@H]2CC3(OCCO3)[C@@H]1C[C@@H]2Cl.